The first kappa shape index (κ1) is 35.5. The summed E-state index contributed by atoms with van der Waals surface area (Å²) in [6.45, 7) is 6.88. The summed E-state index contributed by atoms with van der Waals surface area (Å²) >= 11 is 3.80. The lowest BCUT2D eigenvalue weighted by molar-refractivity contribution is 0.590. The molecule has 0 aliphatic carbocycles. The number of fused-ring (bicyclic) bond motifs is 8. The molecule has 9 aromatic rings. The summed E-state index contributed by atoms with van der Waals surface area (Å²) in [5.41, 5.74) is 17.3. The van der Waals surface area contributed by atoms with Gasteiger partial charge in [-0.05, 0) is 111 Å². The number of rotatable bonds is 5. The molecule has 60 heavy (non-hydrogen) atoms. The van der Waals surface area contributed by atoms with Crippen molar-refractivity contribution in [3.8, 4) is 22.3 Å². The van der Waals surface area contributed by atoms with E-state index in [1.165, 1.54) is 86.4 Å². The van der Waals surface area contributed by atoms with Crippen LogP contribution < -0.4 is 25.5 Å². The lowest BCUT2D eigenvalue weighted by Gasteiger charge is -2.47. The van der Waals surface area contributed by atoms with Gasteiger partial charge in [0.2, 0.25) is 0 Å². The third-order valence-electron chi connectivity index (χ3n) is 12.4. The van der Waals surface area contributed by atoms with Crippen LogP contribution in [-0.2, 0) is 5.41 Å². The summed E-state index contributed by atoms with van der Waals surface area (Å²) in [6.07, 6.45) is 0. The molecule has 0 saturated carbocycles. The average Bonchev–Trinajstić information content (AvgIpc) is 3.67. The van der Waals surface area contributed by atoms with E-state index in [-0.39, 0.29) is 12.3 Å². The zero-order valence-electron chi connectivity index (χ0n) is 33.6. The van der Waals surface area contributed by atoms with Gasteiger partial charge in [0.15, 0.2) is 0 Å². The first-order chi connectivity index (χ1) is 29.4. The second-order valence-electron chi connectivity index (χ2n) is 16.9. The molecule has 1 aromatic heterocycles. The predicted octanol–water partition coefficient (Wildman–Crippen LogP) is 14.5. The van der Waals surface area contributed by atoms with E-state index >= 15 is 0 Å². The second-order valence-corrected chi connectivity index (χ2v) is 19.0. The molecule has 0 spiro atoms. The Morgan fingerprint density at radius 2 is 1.17 bits per heavy atom. The molecule has 0 unspecified atom stereocenters. The molecular weight excluding hydrogens is 766 g/mol. The van der Waals surface area contributed by atoms with Gasteiger partial charge in [-0.1, -0.05) is 148 Å². The lowest BCUT2D eigenvalue weighted by atomic mass is 9.43. The quantitative estimate of drug-likeness (QED) is 0.160. The number of para-hydroxylation sites is 4. The van der Waals surface area contributed by atoms with E-state index in [9.17, 15) is 0 Å². The molecule has 0 bridgehead atoms. The summed E-state index contributed by atoms with van der Waals surface area (Å²) in [5, 5.41) is 2.58. The van der Waals surface area contributed by atoms with E-state index in [0.717, 1.165) is 17.1 Å². The maximum absolute atomic E-state index is 2.68. The molecule has 3 nitrogen and oxygen atoms in total. The molecule has 0 fully saturated rings. The molecule has 0 atom stereocenters. The number of nitrogens with zero attached hydrogens (tertiary/aromatic N) is 3. The fourth-order valence-corrected chi connectivity index (χ4v) is 12.0. The van der Waals surface area contributed by atoms with Crippen molar-refractivity contribution < 1.29 is 0 Å². The van der Waals surface area contributed by atoms with Crippen molar-refractivity contribution in [2.75, 3.05) is 14.6 Å². The molecule has 8 aromatic carbocycles. The first-order valence-electron chi connectivity index (χ1n) is 20.7. The smallest absolute Gasteiger partial charge is 0.334 e. The van der Waals surface area contributed by atoms with E-state index in [0.29, 0.717) is 0 Å². The van der Waals surface area contributed by atoms with Crippen molar-refractivity contribution in [3.05, 3.63) is 194 Å². The van der Waals surface area contributed by atoms with Gasteiger partial charge in [-0.2, -0.15) is 0 Å². The molecule has 286 valence electrons. The minimum Gasteiger partial charge on any atom is -0.374 e. The monoisotopic (exact) mass is 805 g/mol. The predicted molar refractivity (Wildman–Crippen MR) is 258 cm³/mol. The van der Waals surface area contributed by atoms with Gasteiger partial charge < -0.3 is 14.6 Å². The van der Waals surface area contributed by atoms with Gasteiger partial charge >= 0.3 is 6.85 Å². The summed E-state index contributed by atoms with van der Waals surface area (Å²) in [4.78, 5) is 10.3. The summed E-state index contributed by atoms with van der Waals surface area (Å²) in [7, 11) is 0. The number of thiophene rings is 1. The van der Waals surface area contributed by atoms with Crippen LogP contribution in [0.15, 0.2) is 198 Å². The van der Waals surface area contributed by atoms with Crippen LogP contribution >= 0.6 is 23.1 Å². The molecule has 0 radical (unpaired) electrons. The van der Waals surface area contributed by atoms with Crippen LogP contribution in [0.25, 0.3) is 32.3 Å². The Labute approximate surface area is 360 Å². The van der Waals surface area contributed by atoms with Crippen molar-refractivity contribution in [3.63, 3.8) is 0 Å². The number of hydrogen-bond donors (Lipinski definition) is 0. The zero-order valence-corrected chi connectivity index (χ0v) is 35.3. The highest BCUT2D eigenvalue weighted by Gasteiger charge is 2.49. The summed E-state index contributed by atoms with van der Waals surface area (Å²) in [6, 6.07) is 69.8. The second kappa shape index (κ2) is 13.5. The van der Waals surface area contributed by atoms with Crippen molar-refractivity contribution in [2.45, 2.75) is 36.0 Å². The maximum Gasteiger partial charge on any atom is 0.334 e. The minimum atomic E-state index is -0.0573. The molecule has 4 heterocycles. The van der Waals surface area contributed by atoms with Gasteiger partial charge in [-0.25, -0.2) is 0 Å². The molecule has 3 aliphatic rings. The van der Waals surface area contributed by atoms with Crippen LogP contribution in [0.2, 0.25) is 0 Å². The van der Waals surface area contributed by atoms with Crippen molar-refractivity contribution >= 4 is 95.8 Å². The Morgan fingerprint density at radius 1 is 0.500 bits per heavy atom. The van der Waals surface area contributed by atoms with Gasteiger partial charge in [0, 0.05) is 54.1 Å². The van der Waals surface area contributed by atoms with Crippen molar-refractivity contribution in [1.82, 2.24) is 0 Å². The van der Waals surface area contributed by atoms with Crippen LogP contribution in [0.1, 0.15) is 26.3 Å². The number of hydrogen-bond acceptors (Lipinski definition) is 5. The van der Waals surface area contributed by atoms with Crippen LogP contribution in [0, 0.1) is 0 Å². The highest BCUT2D eigenvalue weighted by atomic mass is 32.2. The Balaban J connectivity index is 1.24. The standard InChI is InChI=1S/C54H40BN3S2/c1-54(2,3)36-30-31-44(42(32-36)35-18-7-4-8-19-35)57-46-34-39(56(37-20-9-5-10-21-37)38-22-11-6-12-23-38)33-43-40-25-17-29-49-52(40)58(45-26-14-16-28-48(45)59-49)55(50(43)46)51-41-24-13-15-27-47(41)60-53(51)57/h4-34H,1-3H3. The molecule has 6 heteroatoms. The SMILES string of the molecule is CC(C)(C)c1ccc(N2c3cc(N(c4ccccc4)c4ccccc4)cc4c3B(c3c2sc2ccccc32)N2c3ccccc3Sc3cccc-4c32)c(-c2ccccc2)c1. The van der Waals surface area contributed by atoms with Gasteiger partial charge in [0.25, 0.3) is 0 Å². The molecule has 12 rings (SSSR count). The van der Waals surface area contributed by atoms with Crippen molar-refractivity contribution in [1.29, 1.82) is 0 Å². The zero-order chi connectivity index (χ0) is 40.1. The van der Waals surface area contributed by atoms with Crippen LogP contribution in [0.4, 0.5) is 44.8 Å². The van der Waals surface area contributed by atoms with Gasteiger partial charge in [-0.3, -0.25) is 0 Å². The largest absolute Gasteiger partial charge is 0.374 e. The number of anilines is 8. The molecule has 3 aliphatic heterocycles. The Hall–Kier alpha value is -6.47. The Morgan fingerprint density at radius 3 is 1.92 bits per heavy atom. The normalized spacial score (nSPS) is 13.4. The van der Waals surface area contributed by atoms with Crippen LogP contribution in [-0.4, -0.2) is 6.85 Å². The molecule has 0 saturated heterocycles. The maximum atomic E-state index is 2.68. The third kappa shape index (κ3) is 5.37. The molecule has 0 amide bonds. The Kier molecular flexibility index (Phi) is 8.00. The van der Waals surface area contributed by atoms with E-state index < -0.39 is 0 Å². The Bertz CT molecular complexity index is 3100. The number of benzene rings is 8. The third-order valence-corrected chi connectivity index (χ3v) is 14.6. The van der Waals surface area contributed by atoms with E-state index in [4.69, 9.17) is 0 Å². The first-order valence-corrected chi connectivity index (χ1v) is 22.3. The van der Waals surface area contributed by atoms with Gasteiger partial charge in [0.05, 0.1) is 16.4 Å². The highest BCUT2D eigenvalue weighted by Crippen LogP contribution is 2.58. The molecular formula is C54H40BN3S2. The van der Waals surface area contributed by atoms with Gasteiger partial charge in [-0.15, -0.1) is 11.3 Å². The van der Waals surface area contributed by atoms with E-state index in [1.54, 1.807) is 0 Å². The van der Waals surface area contributed by atoms with Crippen LogP contribution in [0.3, 0.4) is 0 Å². The summed E-state index contributed by atoms with van der Waals surface area (Å²) in [5.74, 6) is 0. The summed E-state index contributed by atoms with van der Waals surface area (Å²) < 4.78 is 1.30. The van der Waals surface area contributed by atoms with Gasteiger partial charge in [0.1, 0.15) is 0 Å². The average molecular weight is 806 g/mol. The van der Waals surface area contributed by atoms with Crippen LogP contribution in [0.5, 0.6) is 0 Å². The fourth-order valence-electron chi connectivity index (χ4n) is 9.65. The van der Waals surface area contributed by atoms with E-state index in [2.05, 4.69) is 223 Å². The lowest BCUT2D eigenvalue weighted by Crippen LogP contribution is -2.61. The van der Waals surface area contributed by atoms with Crippen molar-refractivity contribution in [2.24, 2.45) is 0 Å². The fraction of sp³-hybridized carbons (Fsp3) is 0.0741. The topological polar surface area (TPSA) is 9.72 Å². The minimum absolute atomic E-state index is 0.0239. The van der Waals surface area contributed by atoms with E-state index in [1.807, 2.05) is 23.1 Å². The molecule has 0 N–H and O–H groups in total. The highest BCUT2D eigenvalue weighted by molar-refractivity contribution is 7.99.